The molecule has 5 N–H and O–H groups in total. The molecule has 0 saturated carbocycles. The quantitative estimate of drug-likeness (QED) is 0.308. The molecule has 9 nitrogen and oxygen atoms in total. The largest absolute Gasteiger partial charge is 0.387 e. The fourth-order valence-corrected chi connectivity index (χ4v) is 4.19. The number of carbonyl (C=O) groups is 2. The normalized spacial score (nSPS) is 12.2. The van der Waals surface area contributed by atoms with Gasteiger partial charge in [-0.2, -0.15) is 0 Å². The van der Waals surface area contributed by atoms with Crippen LogP contribution in [0.15, 0.2) is 71.6 Å². The first-order valence-electron chi connectivity index (χ1n) is 11.1. The first-order chi connectivity index (χ1) is 17.3. The molecule has 0 bridgehead atoms. The van der Waals surface area contributed by atoms with Gasteiger partial charge in [0.05, 0.1) is 27.6 Å². The third-order valence-electron chi connectivity index (χ3n) is 5.42. The number of halogens is 2. The van der Waals surface area contributed by atoms with Gasteiger partial charge < -0.3 is 20.6 Å². The maximum Gasteiger partial charge on any atom is 0.322 e. The summed E-state index contributed by atoms with van der Waals surface area (Å²) in [5.74, 6) is -0.444. The van der Waals surface area contributed by atoms with E-state index in [1.807, 2.05) is 13.8 Å². The van der Waals surface area contributed by atoms with E-state index in [9.17, 15) is 23.1 Å². The number of benzene rings is 3. The lowest BCUT2D eigenvalue weighted by Crippen LogP contribution is -2.42. The molecule has 12 heteroatoms. The fourth-order valence-electron chi connectivity index (χ4n) is 3.37. The highest BCUT2D eigenvalue weighted by atomic mass is 35.5. The Labute approximate surface area is 225 Å². The number of rotatable bonds is 8. The van der Waals surface area contributed by atoms with Crippen LogP contribution in [0.1, 0.15) is 35.9 Å². The summed E-state index contributed by atoms with van der Waals surface area (Å²) in [6.45, 7) is 3.68. The molecule has 0 heterocycles. The molecular formula is C25H26Cl2N4O5S. The highest BCUT2D eigenvalue weighted by Gasteiger charge is 2.22. The first-order valence-corrected chi connectivity index (χ1v) is 13.4. The molecule has 0 aliphatic rings. The zero-order valence-corrected chi connectivity index (χ0v) is 22.3. The molecule has 0 radical (unpaired) electrons. The monoisotopic (exact) mass is 564 g/mol. The van der Waals surface area contributed by atoms with Crippen LogP contribution in [-0.4, -0.2) is 42.9 Å². The van der Waals surface area contributed by atoms with Gasteiger partial charge in [-0.1, -0.05) is 29.3 Å². The number of nitrogens with two attached hydrogens (primary N) is 1. The van der Waals surface area contributed by atoms with Crippen molar-refractivity contribution in [2.45, 2.75) is 30.9 Å². The second-order valence-corrected chi connectivity index (χ2v) is 10.8. The van der Waals surface area contributed by atoms with Gasteiger partial charge in [0.2, 0.25) is 10.0 Å². The molecule has 196 valence electrons. The van der Waals surface area contributed by atoms with Crippen LogP contribution in [0.3, 0.4) is 0 Å². The Morgan fingerprint density at radius 2 is 1.49 bits per heavy atom. The maximum atomic E-state index is 12.9. The van der Waals surface area contributed by atoms with Gasteiger partial charge in [-0.25, -0.2) is 18.4 Å². The number of urea groups is 1. The van der Waals surface area contributed by atoms with Gasteiger partial charge in [0.25, 0.3) is 5.91 Å². The number of hydrogen-bond acceptors (Lipinski definition) is 5. The average Bonchev–Trinajstić information content (AvgIpc) is 2.84. The van der Waals surface area contributed by atoms with E-state index in [-0.39, 0.29) is 23.0 Å². The SMILES string of the molecule is CC(C)N(C[C@@H](O)c1ccc(Cl)c(Cl)c1)C(=O)Nc1ccc(NC(=O)c2ccc(S(N)(=O)=O)cc2)cc1. The van der Waals surface area contributed by atoms with Crippen molar-refractivity contribution >= 4 is 56.5 Å². The Morgan fingerprint density at radius 3 is 2.00 bits per heavy atom. The van der Waals surface area contributed by atoms with E-state index in [0.29, 0.717) is 27.0 Å². The van der Waals surface area contributed by atoms with Crippen LogP contribution in [0.2, 0.25) is 10.0 Å². The summed E-state index contributed by atoms with van der Waals surface area (Å²) in [6, 6.07) is 15.8. The van der Waals surface area contributed by atoms with Crippen molar-refractivity contribution in [3.05, 3.63) is 87.9 Å². The Morgan fingerprint density at radius 1 is 0.919 bits per heavy atom. The predicted octanol–water partition coefficient (Wildman–Crippen LogP) is 4.87. The topological polar surface area (TPSA) is 142 Å². The second kappa shape index (κ2) is 11.9. The second-order valence-electron chi connectivity index (χ2n) is 8.47. The molecule has 0 aliphatic heterocycles. The standard InChI is InChI=1S/C25H26Cl2N4O5S/c1-15(2)31(14-23(32)17-5-12-21(26)22(27)13-17)25(34)30-19-8-6-18(7-9-19)29-24(33)16-3-10-20(11-4-16)37(28,35)36/h3-13,15,23,32H,14H2,1-2H3,(H,29,33)(H,30,34)(H2,28,35,36)/t23-/m1/s1. The van der Waals surface area contributed by atoms with Crippen LogP contribution in [0, 0.1) is 0 Å². The zero-order valence-electron chi connectivity index (χ0n) is 20.0. The van der Waals surface area contributed by atoms with Gasteiger partial charge >= 0.3 is 6.03 Å². The smallest absolute Gasteiger partial charge is 0.322 e. The van der Waals surface area contributed by atoms with Gasteiger partial charge in [-0.3, -0.25) is 4.79 Å². The number of primary sulfonamides is 1. The van der Waals surface area contributed by atoms with E-state index >= 15 is 0 Å². The molecule has 3 aromatic carbocycles. The maximum absolute atomic E-state index is 12.9. The number of hydrogen-bond donors (Lipinski definition) is 4. The molecule has 1 atom stereocenters. The van der Waals surface area contributed by atoms with Gasteiger partial charge in [0.15, 0.2) is 0 Å². The van der Waals surface area contributed by atoms with Gasteiger partial charge in [-0.05, 0) is 80.1 Å². The Kier molecular flexibility index (Phi) is 9.16. The molecule has 37 heavy (non-hydrogen) atoms. The molecule has 0 spiro atoms. The molecule has 0 aromatic heterocycles. The summed E-state index contributed by atoms with van der Waals surface area (Å²) in [4.78, 5) is 26.8. The molecular weight excluding hydrogens is 539 g/mol. The van der Waals surface area contributed by atoms with E-state index in [2.05, 4.69) is 10.6 Å². The number of nitrogens with zero attached hydrogens (tertiary/aromatic N) is 1. The number of nitrogens with one attached hydrogen (secondary N) is 2. The van der Waals surface area contributed by atoms with Crippen molar-refractivity contribution < 1.29 is 23.1 Å². The Bertz CT molecular complexity index is 1380. The van der Waals surface area contributed by atoms with Crippen molar-refractivity contribution in [3.8, 4) is 0 Å². The fraction of sp³-hybridized carbons (Fsp3) is 0.200. The van der Waals surface area contributed by atoms with Crippen LogP contribution in [-0.2, 0) is 10.0 Å². The molecule has 0 unspecified atom stereocenters. The van der Waals surface area contributed by atoms with E-state index in [0.717, 1.165) is 0 Å². The molecule has 3 amide bonds. The molecule has 0 saturated heterocycles. The van der Waals surface area contributed by atoms with Crippen molar-refractivity contribution in [1.29, 1.82) is 0 Å². The third-order valence-corrected chi connectivity index (χ3v) is 7.09. The van der Waals surface area contributed by atoms with Crippen LogP contribution in [0.5, 0.6) is 0 Å². The molecule has 3 aromatic rings. The molecule has 0 fully saturated rings. The van der Waals surface area contributed by atoms with Crippen LogP contribution in [0.25, 0.3) is 0 Å². The van der Waals surface area contributed by atoms with Crippen molar-refractivity contribution in [2.24, 2.45) is 5.14 Å². The summed E-state index contributed by atoms with van der Waals surface area (Å²) in [5, 5.41) is 21.9. The molecule has 0 aliphatic carbocycles. The van der Waals surface area contributed by atoms with Gasteiger partial charge in [0, 0.05) is 23.0 Å². The lowest BCUT2D eigenvalue weighted by Gasteiger charge is -2.29. The lowest BCUT2D eigenvalue weighted by atomic mass is 10.1. The van der Waals surface area contributed by atoms with Crippen molar-refractivity contribution in [2.75, 3.05) is 17.2 Å². The number of anilines is 2. The minimum atomic E-state index is -3.85. The van der Waals surface area contributed by atoms with Crippen molar-refractivity contribution in [3.63, 3.8) is 0 Å². The average molecular weight is 565 g/mol. The van der Waals surface area contributed by atoms with E-state index in [1.54, 1.807) is 42.5 Å². The number of sulfonamides is 1. The van der Waals surface area contributed by atoms with Crippen LogP contribution < -0.4 is 15.8 Å². The summed E-state index contributed by atoms with van der Waals surface area (Å²) < 4.78 is 22.7. The van der Waals surface area contributed by atoms with Crippen LogP contribution in [0.4, 0.5) is 16.2 Å². The number of aliphatic hydroxyl groups excluding tert-OH is 1. The van der Waals surface area contributed by atoms with Crippen molar-refractivity contribution in [1.82, 2.24) is 4.90 Å². The summed E-state index contributed by atoms with van der Waals surface area (Å²) in [5.41, 5.74) is 1.73. The number of carbonyl (C=O) groups excluding carboxylic acids is 2. The number of aliphatic hydroxyl groups is 1. The van der Waals surface area contributed by atoms with E-state index < -0.39 is 28.1 Å². The Balaban J connectivity index is 1.62. The lowest BCUT2D eigenvalue weighted by molar-refractivity contribution is 0.102. The van der Waals surface area contributed by atoms with Gasteiger partial charge in [-0.15, -0.1) is 0 Å². The highest BCUT2D eigenvalue weighted by Crippen LogP contribution is 2.26. The minimum absolute atomic E-state index is 0.0276. The highest BCUT2D eigenvalue weighted by molar-refractivity contribution is 7.89. The third kappa shape index (κ3) is 7.67. The van der Waals surface area contributed by atoms with E-state index in [1.165, 1.54) is 29.2 Å². The molecule has 3 rings (SSSR count). The van der Waals surface area contributed by atoms with E-state index in [4.69, 9.17) is 28.3 Å². The minimum Gasteiger partial charge on any atom is -0.387 e. The Hall–Kier alpha value is -3.15. The summed E-state index contributed by atoms with van der Waals surface area (Å²) >= 11 is 12.0. The number of amides is 3. The van der Waals surface area contributed by atoms with Gasteiger partial charge in [0.1, 0.15) is 0 Å². The summed E-state index contributed by atoms with van der Waals surface area (Å²) in [6.07, 6.45) is -0.973. The predicted molar refractivity (Wildman–Crippen MR) is 144 cm³/mol. The summed E-state index contributed by atoms with van der Waals surface area (Å²) in [7, 11) is -3.85. The van der Waals surface area contributed by atoms with Crippen LogP contribution >= 0.6 is 23.2 Å². The first kappa shape index (κ1) is 28.4. The zero-order chi connectivity index (χ0) is 27.3.